The molecule has 3 fully saturated rings. The van der Waals surface area contributed by atoms with Crippen LogP contribution in [0.5, 0.6) is 0 Å². The Kier molecular flexibility index (Phi) is 5.96. The minimum Gasteiger partial charge on any atom is -0.469 e. The zero-order valence-corrected chi connectivity index (χ0v) is 19.8. The van der Waals surface area contributed by atoms with Gasteiger partial charge in [0.1, 0.15) is 0 Å². The number of rotatable bonds is 5. The fourth-order valence-corrected chi connectivity index (χ4v) is 9.19. The summed E-state index contributed by atoms with van der Waals surface area (Å²) in [5.74, 6) is 4.71. The molecule has 0 saturated heterocycles. The first-order chi connectivity index (χ1) is 14.3. The fourth-order valence-electron chi connectivity index (χ4n) is 9.19. The molecule has 3 saturated carbocycles. The Morgan fingerprint density at radius 3 is 2.50 bits per heavy atom. The van der Waals surface area contributed by atoms with Gasteiger partial charge in [-0.3, -0.25) is 9.59 Å². The minimum atomic E-state index is -0.0505. The van der Waals surface area contributed by atoms with Crippen LogP contribution in [0.3, 0.4) is 0 Å². The molecule has 4 aliphatic carbocycles. The van der Waals surface area contributed by atoms with Gasteiger partial charge in [0.25, 0.3) is 0 Å². The van der Waals surface area contributed by atoms with Crippen LogP contribution in [0.1, 0.15) is 91.9 Å². The molecule has 0 aromatic rings. The highest BCUT2D eigenvalue weighted by atomic mass is 16.5. The molecule has 0 spiro atoms. The Morgan fingerprint density at radius 1 is 1.10 bits per heavy atom. The third-order valence-corrected chi connectivity index (χ3v) is 10.5. The summed E-state index contributed by atoms with van der Waals surface area (Å²) in [6, 6.07) is 0. The molecular formula is C27H42O3. The van der Waals surface area contributed by atoms with Crippen molar-refractivity contribution in [2.75, 3.05) is 7.11 Å². The lowest BCUT2D eigenvalue weighted by atomic mass is 9.46. The first-order valence-electron chi connectivity index (χ1n) is 12.6. The molecule has 4 aliphatic rings. The Hall–Kier alpha value is -1.12. The molecule has 0 bridgehead atoms. The van der Waals surface area contributed by atoms with Gasteiger partial charge in [-0.15, -0.1) is 0 Å². The van der Waals surface area contributed by atoms with Crippen molar-refractivity contribution >= 4 is 11.8 Å². The number of ketones is 1. The summed E-state index contributed by atoms with van der Waals surface area (Å²) < 4.78 is 5.00. The first-order valence-corrected chi connectivity index (χ1v) is 12.6. The molecule has 0 radical (unpaired) electrons. The van der Waals surface area contributed by atoms with Crippen molar-refractivity contribution in [2.45, 2.75) is 91.9 Å². The maximum Gasteiger partial charge on any atom is 0.305 e. The summed E-state index contributed by atoms with van der Waals surface area (Å²) in [5, 5.41) is 0. The van der Waals surface area contributed by atoms with Crippen LogP contribution in [-0.4, -0.2) is 18.9 Å². The monoisotopic (exact) mass is 414 g/mol. The average molecular weight is 415 g/mol. The predicted octanol–water partition coefficient (Wildman–Crippen LogP) is 6.36. The lowest BCUT2D eigenvalue weighted by Gasteiger charge is -2.59. The first kappa shape index (κ1) is 22.1. The van der Waals surface area contributed by atoms with E-state index in [1.54, 1.807) is 0 Å². The number of hydrogen-bond donors (Lipinski definition) is 0. The quantitative estimate of drug-likeness (QED) is 0.492. The van der Waals surface area contributed by atoms with Gasteiger partial charge in [-0.25, -0.2) is 0 Å². The molecule has 0 N–H and O–H groups in total. The van der Waals surface area contributed by atoms with E-state index in [4.69, 9.17) is 4.74 Å². The summed E-state index contributed by atoms with van der Waals surface area (Å²) >= 11 is 0. The number of carbonyl (C=O) groups excluding carboxylic acids is 2. The van der Waals surface area contributed by atoms with Crippen LogP contribution in [0.2, 0.25) is 0 Å². The van der Waals surface area contributed by atoms with E-state index in [2.05, 4.69) is 27.7 Å². The topological polar surface area (TPSA) is 43.4 Å². The van der Waals surface area contributed by atoms with E-state index in [1.807, 2.05) is 6.08 Å². The van der Waals surface area contributed by atoms with Crippen LogP contribution in [0.15, 0.2) is 11.6 Å². The Bertz CT molecular complexity index is 724. The molecule has 30 heavy (non-hydrogen) atoms. The zero-order valence-electron chi connectivity index (χ0n) is 19.8. The lowest BCUT2D eigenvalue weighted by Crippen LogP contribution is -2.51. The maximum absolute atomic E-state index is 12.1. The van der Waals surface area contributed by atoms with Crippen LogP contribution in [0.25, 0.3) is 0 Å². The maximum atomic E-state index is 12.1. The number of methoxy groups -OCH3 is 1. The second-order valence-electron chi connectivity index (χ2n) is 11.3. The molecule has 4 rings (SSSR count). The average Bonchev–Trinajstić information content (AvgIpc) is 2.99. The molecule has 0 aromatic heterocycles. The van der Waals surface area contributed by atoms with E-state index in [-0.39, 0.29) is 11.4 Å². The van der Waals surface area contributed by atoms with Crippen molar-refractivity contribution in [2.24, 2.45) is 46.3 Å². The summed E-state index contributed by atoms with van der Waals surface area (Å²) in [6.45, 7) is 9.82. The molecule has 168 valence electrons. The van der Waals surface area contributed by atoms with Gasteiger partial charge in [0.2, 0.25) is 0 Å². The molecular weight excluding hydrogens is 372 g/mol. The van der Waals surface area contributed by atoms with Gasteiger partial charge in [-0.2, -0.15) is 0 Å². The van der Waals surface area contributed by atoms with E-state index >= 15 is 0 Å². The molecule has 0 aromatic carbocycles. The zero-order chi connectivity index (χ0) is 21.7. The summed E-state index contributed by atoms with van der Waals surface area (Å²) in [5.41, 5.74) is 2.05. The van der Waals surface area contributed by atoms with Crippen LogP contribution < -0.4 is 0 Å². The number of esters is 1. The van der Waals surface area contributed by atoms with Gasteiger partial charge in [-0.05, 0) is 90.9 Å². The van der Waals surface area contributed by atoms with Gasteiger partial charge >= 0.3 is 5.97 Å². The number of carbonyl (C=O) groups is 2. The van der Waals surface area contributed by atoms with Gasteiger partial charge in [-0.1, -0.05) is 46.1 Å². The van der Waals surface area contributed by atoms with Crippen molar-refractivity contribution in [3.05, 3.63) is 11.6 Å². The SMILES string of the molecule is CCC1C(CC)[C@H]2[C@@H]3CCC4=CC(=O)CC[C@]4(C)[C@H]3CC[C@]2(C)[C@H]1CCC(=O)OC. The number of ether oxygens (including phenoxy) is 1. The van der Waals surface area contributed by atoms with Crippen LogP contribution in [0, 0.1) is 46.3 Å². The number of fused-ring (bicyclic) bond motifs is 5. The van der Waals surface area contributed by atoms with Gasteiger partial charge in [0.05, 0.1) is 7.11 Å². The van der Waals surface area contributed by atoms with E-state index in [0.717, 1.165) is 55.3 Å². The third-order valence-electron chi connectivity index (χ3n) is 10.5. The standard InChI is InChI=1S/C27H42O3/c1-6-19-20(7-2)25-21-9-8-17-16-18(28)12-14-26(17,3)23(21)13-15-27(25,4)22(19)10-11-24(29)30-5/h16,19-23,25H,6-15H2,1-5H3/t19?,20?,21-,22+,23+,25+,26+,27-/m1/s1. The van der Waals surface area contributed by atoms with E-state index < -0.39 is 0 Å². The smallest absolute Gasteiger partial charge is 0.305 e. The molecule has 3 heteroatoms. The van der Waals surface area contributed by atoms with Gasteiger partial charge in [0.15, 0.2) is 5.78 Å². The third kappa shape index (κ3) is 3.21. The molecule has 0 heterocycles. The van der Waals surface area contributed by atoms with Crippen molar-refractivity contribution in [3.63, 3.8) is 0 Å². The van der Waals surface area contributed by atoms with Crippen molar-refractivity contribution in [1.29, 1.82) is 0 Å². The Labute approximate surface area is 183 Å². The Morgan fingerprint density at radius 2 is 1.83 bits per heavy atom. The van der Waals surface area contributed by atoms with Crippen molar-refractivity contribution < 1.29 is 14.3 Å². The highest BCUT2D eigenvalue weighted by molar-refractivity contribution is 5.91. The summed E-state index contributed by atoms with van der Waals surface area (Å²) in [6.07, 6.45) is 12.8. The van der Waals surface area contributed by atoms with Crippen LogP contribution in [-0.2, 0) is 14.3 Å². The summed E-state index contributed by atoms with van der Waals surface area (Å²) in [7, 11) is 1.52. The van der Waals surface area contributed by atoms with Gasteiger partial charge < -0.3 is 4.74 Å². The Balaban J connectivity index is 1.67. The molecule has 3 nitrogen and oxygen atoms in total. The van der Waals surface area contributed by atoms with Gasteiger partial charge in [0, 0.05) is 12.8 Å². The normalized spacial score (nSPS) is 45.2. The van der Waals surface area contributed by atoms with Crippen molar-refractivity contribution in [3.8, 4) is 0 Å². The van der Waals surface area contributed by atoms with E-state index in [1.165, 1.54) is 44.8 Å². The number of hydrogen-bond acceptors (Lipinski definition) is 3. The molecule has 8 atom stereocenters. The number of allylic oxidation sites excluding steroid dienone is 1. The largest absolute Gasteiger partial charge is 0.469 e. The molecule has 2 unspecified atom stereocenters. The van der Waals surface area contributed by atoms with Crippen LogP contribution in [0.4, 0.5) is 0 Å². The van der Waals surface area contributed by atoms with Crippen LogP contribution >= 0.6 is 0 Å². The molecule has 0 amide bonds. The predicted molar refractivity (Wildman–Crippen MR) is 120 cm³/mol. The second-order valence-corrected chi connectivity index (χ2v) is 11.3. The highest BCUT2D eigenvalue weighted by Crippen LogP contribution is 2.70. The molecule has 0 aliphatic heterocycles. The van der Waals surface area contributed by atoms with E-state index in [9.17, 15) is 9.59 Å². The van der Waals surface area contributed by atoms with E-state index in [0.29, 0.717) is 23.5 Å². The highest BCUT2D eigenvalue weighted by Gasteiger charge is 2.63. The minimum absolute atomic E-state index is 0.0505. The second kappa shape index (κ2) is 8.10. The fraction of sp³-hybridized carbons (Fsp3) is 0.852. The summed E-state index contributed by atoms with van der Waals surface area (Å²) in [4.78, 5) is 24.1. The van der Waals surface area contributed by atoms with Crippen molar-refractivity contribution in [1.82, 2.24) is 0 Å². The lowest BCUT2D eigenvalue weighted by molar-refractivity contribution is -0.141.